The molecule has 1 saturated heterocycles. The first-order valence-electron chi connectivity index (χ1n) is 10.2. The molecule has 164 valence electrons. The van der Waals surface area contributed by atoms with Crippen LogP contribution in [0.2, 0.25) is 5.02 Å². The molecule has 0 N–H and O–H groups in total. The summed E-state index contributed by atoms with van der Waals surface area (Å²) in [5.41, 5.74) is 0.787. The van der Waals surface area contributed by atoms with Crippen LogP contribution in [0.4, 0.5) is 4.79 Å². The Morgan fingerprint density at radius 1 is 1.00 bits per heavy atom. The minimum Gasteiger partial charge on any atom is -0.490 e. The quantitative estimate of drug-likeness (QED) is 0.376. The Labute approximate surface area is 195 Å². The van der Waals surface area contributed by atoms with E-state index in [-0.39, 0.29) is 30.4 Å². The van der Waals surface area contributed by atoms with E-state index in [1.807, 2.05) is 56.3 Å². The highest BCUT2D eigenvalue weighted by molar-refractivity contribution is 8.18. The maximum atomic E-state index is 13.0. The number of rotatable bonds is 7. The van der Waals surface area contributed by atoms with Gasteiger partial charge >= 0.3 is 0 Å². The van der Waals surface area contributed by atoms with Crippen LogP contribution in [0.3, 0.4) is 0 Å². The molecule has 0 aromatic heterocycles. The van der Waals surface area contributed by atoms with Crippen molar-refractivity contribution in [2.75, 3.05) is 13.2 Å². The highest BCUT2D eigenvalue weighted by Crippen LogP contribution is 2.37. The van der Waals surface area contributed by atoms with Gasteiger partial charge in [0.15, 0.2) is 0 Å². The third kappa shape index (κ3) is 4.76. The molecule has 32 heavy (non-hydrogen) atoms. The van der Waals surface area contributed by atoms with Gasteiger partial charge in [0, 0.05) is 5.56 Å². The molecule has 0 radical (unpaired) electrons. The molecule has 0 spiro atoms. The van der Waals surface area contributed by atoms with Crippen LogP contribution in [0.15, 0.2) is 65.6 Å². The number of amides is 2. The number of ether oxygens (including phenoxy) is 2. The van der Waals surface area contributed by atoms with Crippen molar-refractivity contribution < 1.29 is 19.1 Å². The minimum absolute atomic E-state index is 0.0275. The highest BCUT2D eigenvalue weighted by Gasteiger charge is 2.35. The summed E-state index contributed by atoms with van der Waals surface area (Å²) in [4.78, 5) is 27.1. The number of fused-ring (bicyclic) bond motifs is 1. The molecule has 7 heteroatoms. The van der Waals surface area contributed by atoms with Crippen LogP contribution in [0.5, 0.6) is 11.5 Å². The molecule has 0 bridgehead atoms. The maximum absolute atomic E-state index is 13.0. The smallest absolute Gasteiger partial charge is 0.293 e. The molecule has 5 nitrogen and oxygen atoms in total. The van der Waals surface area contributed by atoms with Crippen LogP contribution in [0, 0.1) is 0 Å². The average Bonchev–Trinajstić information content (AvgIpc) is 3.03. The zero-order valence-corrected chi connectivity index (χ0v) is 19.3. The Kier molecular flexibility index (Phi) is 6.72. The lowest BCUT2D eigenvalue weighted by Gasteiger charge is -2.15. The van der Waals surface area contributed by atoms with Gasteiger partial charge in [-0.1, -0.05) is 54.1 Å². The van der Waals surface area contributed by atoms with Crippen LogP contribution in [0.1, 0.15) is 19.4 Å². The van der Waals surface area contributed by atoms with Gasteiger partial charge in [-0.05, 0) is 60.7 Å². The molecular formula is C25H22ClNO4S. The molecule has 2 amide bonds. The molecule has 0 aliphatic carbocycles. The van der Waals surface area contributed by atoms with Crippen molar-refractivity contribution >= 4 is 51.4 Å². The van der Waals surface area contributed by atoms with Gasteiger partial charge in [-0.3, -0.25) is 14.5 Å². The van der Waals surface area contributed by atoms with E-state index in [0.29, 0.717) is 21.4 Å². The number of nitrogens with zero attached hydrogens (tertiary/aromatic N) is 1. The fourth-order valence-electron chi connectivity index (χ4n) is 3.41. The van der Waals surface area contributed by atoms with Crippen LogP contribution in [0.25, 0.3) is 16.8 Å². The van der Waals surface area contributed by atoms with Crippen molar-refractivity contribution in [2.24, 2.45) is 0 Å². The molecule has 1 aliphatic heterocycles. The first-order valence-corrected chi connectivity index (χ1v) is 11.4. The van der Waals surface area contributed by atoms with Gasteiger partial charge in [-0.15, -0.1) is 0 Å². The van der Waals surface area contributed by atoms with Gasteiger partial charge in [0.25, 0.3) is 11.1 Å². The minimum atomic E-state index is -0.341. The number of thioether (sulfide) groups is 1. The summed E-state index contributed by atoms with van der Waals surface area (Å²) in [5.74, 6) is 0.849. The second kappa shape index (κ2) is 9.67. The largest absolute Gasteiger partial charge is 0.490 e. The zero-order valence-electron chi connectivity index (χ0n) is 17.7. The number of para-hydroxylation sites is 1. The second-order valence-corrected chi connectivity index (χ2v) is 8.88. The zero-order chi connectivity index (χ0) is 22.7. The highest BCUT2D eigenvalue weighted by atomic mass is 35.5. The van der Waals surface area contributed by atoms with Gasteiger partial charge in [-0.25, -0.2) is 0 Å². The molecule has 0 unspecified atom stereocenters. The maximum Gasteiger partial charge on any atom is 0.293 e. The van der Waals surface area contributed by atoms with E-state index in [1.54, 1.807) is 24.3 Å². The number of imide groups is 1. The Hall–Kier alpha value is -2.96. The standard InChI is InChI=1S/C25H22ClNO4S/c1-16(2)31-21-12-11-17-7-3-4-8-18(17)19(21)15-23-24(28)27(25(29)32-23)13-14-30-22-10-6-5-9-20(22)26/h3-12,15-16H,13-14H2,1-2H3/b23-15-. The van der Waals surface area contributed by atoms with Crippen molar-refractivity contribution in [3.63, 3.8) is 0 Å². The number of carbonyl (C=O) groups is 2. The van der Waals surface area contributed by atoms with E-state index in [4.69, 9.17) is 21.1 Å². The Morgan fingerprint density at radius 2 is 1.75 bits per heavy atom. The fraction of sp³-hybridized carbons (Fsp3) is 0.200. The van der Waals surface area contributed by atoms with Crippen LogP contribution in [-0.2, 0) is 4.79 Å². The topological polar surface area (TPSA) is 55.8 Å². The van der Waals surface area contributed by atoms with Gasteiger partial charge < -0.3 is 9.47 Å². The second-order valence-electron chi connectivity index (χ2n) is 7.48. The summed E-state index contributed by atoms with van der Waals surface area (Å²) in [6, 6.07) is 18.9. The summed E-state index contributed by atoms with van der Waals surface area (Å²) in [6.07, 6.45) is 1.72. The number of halogens is 1. The Bertz CT molecular complexity index is 1210. The molecule has 3 aromatic rings. The van der Waals surface area contributed by atoms with Crippen molar-refractivity contribution in [3.05, 3.63) is 76.2 Å². The fourth-order valence-corrected chi connectivity index (χ4v) is 4.45. The van der Waals surface area contributed by atoms with Gasteiger partial charge in [-0.2, -0.15) is 0 Å². The molecule has 0 atom stereocenters. The molecular weight excluding hydrogens is 446 g/mol. The molecule has 3 aromatic carbocycles. The van der Waals surface area contributed by atoms with E-state index in [2.05, 4.69) is 0 Å². The number of carbonyl (C=O) groups excluding carboxylic acids is 2. The molecule has 1 fully saturated rings. The van der Waals surface area contributed by atoms with E-state index in [0.717, 1.165) is 28.1 Å². The average molecular weight is 468 g/mol. The number of hydrogen-bond donors (Lipinski definition) is 0. The van der Waals surface area contributed by atoms with Crippen molar-refractivity contribution in [1.82, 2.24) is 4.90 Å². The first kappa shape index (κ1) is 22.2. The van der Waals surface area contributed by atoms with Gasteiger partial charge in [0.05, 0.1) is 22.6 Å². The van der Waals surface area contributed by atoms with E-state index in [9.17, 15) is 9.59 Å². The number of benzene rings is 3. The third-order valence-electron chi connectivity index (χ3n) is 4.85. The molecule has 4 rings (SSSR count). The van der Waals surface area contributed by atoms with E-state index in [1.165, 1.54) is 4.90 Å². The van der Waals surface area contributed by atoms with Crippen molar-refractivity contribution in [1.29, 1.82) is 0 Å². The monoisotopic (exact) mass is 467 g/mol. The van der Waals surface area contributed by atoms with E-state index < -0.39 is 0 Å². The van der Waals surface area contributed by atoms with Crippen molar-refractivity contribution in [2.45, 2.75) is 20.0 Å². The van der Waals surface area contributed by atoms with Gasteiger partial charge in [0.1, 0.15) is 18.1 Å². The lowest BCUT2D eigenvalue weighted by molar-refractivity contribution is -0.123. The number of hydrogen-bond acceptors (Lipinski definition) is 5. The molecule has 1 aliphatic rings. The van der Waals surface area contributed by atoms with Gasteiger partial charge in [0.2, 0.25) is 0 Å². The van der Waals surface area contributed by atoms with Crippen molar-refractivity contribution in [3.8, 4) is 11.5 Å². The summed E-state index contributed by atoms with van der Waals surface area (Å²) in [7, 11) is 0. The Balaban J connectivity index is 1.57. The summed E-state index contributed by atoms with van der Waals surface area (Å²) in [6.45, 7) is 4.20. The lowest BCUT2D eigenvalue weighted by Crippen LogP contribution is -2.32. The SMILES string of the molecule is CC(C)Oc1ccc2ccccc2c1/C=C1\SC(=O)N(CCOc2ccccc2Cl)C1=O. The Morgan fingerprint density at radius 3 is 2.53 bits per heavy atom. The molecule has 1 heterocycles. The normalized spacial score (nSPS) is 15.2. The first-order chi connectivity index (χ1) is 15.4. The van der Waals surface area contributed by atoms with Crippen LogP contribution >= 0.6 is 23.4 Å². The van der Waals surface area contributed by atoms with Crippen LogP contribution in [-0.4, -0.2) is 35.3 Å². The van der Waals surface area contributed by atoms with E-state index >= 15 is 0 Å². The summed E-state index contributed by atoms with van der Waals surface area (Å²) >= 11 is 7.01. The lowest BCUT2D eigenvalue weighted by atomic mass is 10.0. The van der Waals surface area contributed by atoms with Crippen LogP contribution < -0.4 is 9.47 Å². The summed E-state index contributed by atoms with van der Waals surface area (Å²) < 4.78 is 11.6. The molecule has 0 saturated carbocycles. The predicted molar refractivity (Wildman–Crippen MR) is 129 cm³/mol. The summed E-state index contributed by atoms with van der Waals surface area (Å²) in [5, 5.41) is 2.15. The predicted octanol–water partition coefficient (Wildman–Crippen LogP) is 6.40. The third-order valence-corrected chi connectivity index (χ3v) is 6.07.